The van der Waals surface area contributed by atoms with Gasteiger partial charge in [0.05, 0.1) is 4.92 Å². The Bertz CT molecular complexity index is 824. The molecule has 1 aromatic carbocycles. The summed E-state index contributed by atoms with van der Waals surface area (Å²) in [6.45, 7) is 0. The van der Waals surface area contributed by atoms with Gasteiger partial charge in [-0.25, -0.2) is 4.98 Å². The van der Waals surface area contributed by atoms with Crippen LogP contribution in [0.2, 0.25) is 0 Å². The Morgan fingerprint density at radius 3 is 2.61 bits per heavy atom. The fourth-order valence-electron chi connectivity index (χ4n) is 1.96. The number of nitro groups is 1. The van der Waals surface area contributed by atoms with E-state index in [1.54, 1.807) is 48.8 Å². The van der Waals surface area contributed by atoms with Gasteiger partial charge in [-0.1, -0.05) is 6.07 Å². The van der Waals surface area contributed by atoms with Gasteiger partial charge in [0.2, 0.25) is 5.82 Å². The number of benzene rings is 1. The number of anilines is 2. The van der Waals surface area contributed by atoms with Crippen LogP contribution in [0.25, 0.3) is 0 Å². The van der Waals surface area contributed by atoms with Crippen molar-refractivity contribution in [2.45, 2.75) is 0 Å². The third kappa shape index (κ3) is 3.59. The van der Waals surface area contributed by atoms with Gasteiger partial charge in [-0.3, -0.25) is 15.1 Å². The quantitative estimate of drug-likeness (QED) is 0.567. The lowest BCUT2D eigenvalue weighted by molar-refractivity contribution is -0.384. The maximum Gasteiger partial charge on any atom is 0.311 e. The summed E-state index contributed by atoms with van der Waals surface area (Å²) in [5.41, 5.74) is 0.548. The second kappa shape index (κ2) is 6.52. The first-order valence-electron chi connectivity index (χ1n) is 6.77. The molecule has 2 aromatic heterocycles. The van der Waals surface area contributed by atoms with E-state index in [-0.39, 0.29) is 11.5 Å². The van der Waals surface area contributed by atoms with Gasteiger partial charge in [-0.05, 0) is 30.3 Å². The van der Waals surface area contributed by atoms with Gasteiger partial charge in [-0.15, -0.1) is 0 Å². The normalized spacial score (nSPS) is 10.1. The summed E-state index contributed by atoms with van der Waals surface area (Å²) in [5.74, 6) is 1.43. The fourth-order valence-corrected chi connectivity index (χ4v) is 1.96. The molecule has 1 N–H and O–H groups in total. The second-order valence-corrected chi connectivity index (χ2v) is 4.57. The second-order valence-electron chi connectivity index (χ2n) is 4.57. The van der Waals surface area contributed by atoms with E-state index in [2.05, 4.69) is 15.3 Å². The van der Waals surface area contributed by atoms with E-state index in [4.69, 9.17) is 4.74 Å². The molecule has 0 spiro atoms. The minimum Gasteiger partial charge on any atom is -0.457 e. The molecule has 0 amide bonds. The molecule has 3 aromatic rings. The van der Waals surface area contributed by atoms with Crippen LogP contribution < -0.4 is 10.1 Å². The minimum absolute atomic E-state index is 0.0899. The smallest absolute Gasteiger partial charge is 0.311 e. The summed E-state index contributed by atoms with van der Waals surface area (Å²) in [6, 6.07) is 13.5. The third-order valence-electron chi connectivity index (χ3n) is 2.97. The van der Waals surface area contributed by atoms with Crippen molar-refractivity contribution in [3.63, 3.8) is 0 Å². The first-order valence-corrected chi connectivity index (χ1v) is 6.77. The van der Waals surface area contributed by atoms with Crippen molar-refractivity contribution in [1.82, 2.24) is 9.97 Å². The highest BCUT2D eigenvalue weighted by molar-refractivity contribution is 5.66. The highest BCUT2D eigenvalue weighted by Gasteiger charge is 2.14. The SMILES string of the molecule is O=[N+]([O-])c1cccnc1Nc1cccc(Oc2ccncc2)c1. The zero-order valence-corrected chi connectivity index (χ0v) is 11.9. The highest BCUT2D eigenvalue weighted by Crippen LogP contribution is 2.28. The number of rotatable bonds is 5. The molecule has 7 nitrogen and oxygen atoms in total. The lowest BCUT2D eigenvalue weighted by atomic mass is 10.3. The Morgan fingerprint density at radius 2 is 1.83 bits per heavy atom. The summed E-state index contributed by atoms with van der Waals surface area (Å²) >= 11 is 0. The van der Waals surface area contributed by atoms with E-state index in [0.717, 1.165) is 0 Å². The van der Waals surface area contributed by atoms with Gasteiger partial charge in [0, 0.05) is 36.4 Å². The lowest BCUT2D eigenvalue weighted by Gasteiger charge is -2.09. The summed E-state index contributed by atoms with van der Waals surface area (Å²) in [6.07, 6.45) is 4.76. The summed E-state index contributed by atoms with van der Waals surface area (Å²) in [7, 11) is 0. The molecule has 0 unspecified atom stereocenters. The molecule has 0 aliphatic heterocycles. The Kier molecular flexibility index (Phi) is 4.10. The number of pyridine rings is 2. The lowest BCUT2D eigenvalue weighted by Crippen LogP contribution is -1.99. The van der Waals surface area contributed by atoms with Gasteiger partial charge in [-0.2, -0.15) is 0 Å². The summed E-state index contributed by atoms with van der Waals surface area (Å²) < 4.78 is 5.70. The van der Waals surface area contributed by atoms with Crippen LogP contribution in [0.15, 0.2) is 67.1 Å². The molecule has 0 saturated carbocycles. The Balaban J connectivity index is 1.82. The molecule has 114 valence electrons. The van der Waals surface area contributed by atoms with Crippen molar-refractivity contribution in [1.29, 1.82) is 0 Å². The van der Waals surface area contributed by atoms with Gasteiger partial charge in [0.25, 0.3) is 0 Å². The van der Waals surface area contributed by atoms with Crippen molar-refractivity contribution in [3.05, 3.63) is 77.2 Å². The van der Waals surface area contributed by atoms with Crippen molar-refractivity contribution in [2.24, 2.45) is 0 Å². The molecule has 0 aliphatic carbocycles. The fraction of sp³-hybridized carbons (Fsp3) is 0. The molecular formula is C16H12N4O3. The molecule has 0 aliphatic rings. The molecule has 0 saturated heterocycles. The standard InChI is InChI=1S/C16H12N4O3/c21-20(22)15-5-2-8-18-16(15)19-12-3-1-4-14(11-12)23-13-6-9-17-10-7-13/h1-11H,(H,18,19). The predicted octanol–water partition coefficient (Wildman–Crippen LogP) is 3.92. The van der Waals surface area contributed by atoms with Gasteiger partial charge in [0.1, 0.15) is 11.5 Å². The number of nitrogens with one attached hydrogen (secondary N) is 1. The van der Waals surface area contributed by atoms with E-state index in [0.29, 0.717) is 17.2 Å². The Hall–Kier alpha value is -3.48. The van der Waals surface area contributed by atoms with Crippen LogP contribution in [0.5, 0.6) is 11.5 Å². The molecule has 7 heteroatoms. The molecule has 2 heterocycles. The van der Waals surface area contributed by atoms with Crippen molar-refractivity contribution >= 4 is 17.2 Å². The van der Waals surface area contributed by atoms with Crippen molar-refractivity contribution < 1.29 is 9.66 Å². The number of aromatic nitrogens is 2. The molecule has 0 bridgehead atoms. The molecular weight excluding hydrogens is 296 g/mol. The van der Waals surface area contributed by atoms with Crippen LogP contribution >= 0.6 is 0 Å². The largest absolute Gasteiger partial charge is 0.457 e. The monoisotopic (exact) mass is 308 g/mol. The first-order chi connectivity index (χ1) is 11.2. The number of hydrogen-bond acceptors (Lipinski definition) is 6. The Morgan fingerprint density at radius 1 is 1.00 bits per heavy atom. The number of hydrogen-bond donors (Lipinski definition) is 1. The van der Waals surface area contributed by atoms with Crippen LogP contribution in [0, 0.1) is 10.1 Å². The minimum atomic E-state index is -0.480. The van der Waals surface area contributed by atoms with E-state index in [9.17, 15) is 10.1 Å². The maximum absolute atomic E-state index is 11.0. The molecule has 0 atom stereocenters. The zero-order valence-electron chi connectivity index (χ0n) is 11.9. The topological polar surface area (TPSA) is 90.2 Å². The Labute approximate surface area is 131 Å². The van der Waals surface area contributed by atoms with Gasteiger partial charge >= 0.3 is 5.69 Å². The average molecular weight is 308 g/mol. The highest BCUT2D eigenvalue weighted by atomic mass is 16.6. The van der Waals surface area contributed by atoms with Crippen LogP contribution in [0.4, 0.5) is 17.2 Å². The molecule has 0 radical (unpaired) electrons. The van der Waals surface area contributed by atoms with Crippen molar-refractivity contribution in [2.75, 3.05) is 5.32 Å². The first kappa shape index (κ1) is 14.5. The van der Waals surface area contributed by atoms with Crippen LogP contribution in [-0.2, 0) is 0 Å². The molecule has 0 fully saturated rings. The van der Waals surface area contributed by atoms with Gasteiger partial charge < -0.3 is 10.1 Å². The summed E-state index contributed by atoms with van der Waals surface area (Å²) in [5, 5.41) is 13.9. The number of nitrogens with zero attached hydrogens (tertiary/aromatic N) is 3. The van der Waals surface area contributed by atoms with Crippen LogP contribution in [-0.4, -0.2) is 14.9 Å². The predicted molar refractivity (Wildman–Crippen MR) is 84.9 cm³/mol. The summed E-state index contributed by atoms with van der Waals surface area (Å²) in [4.78, 5) is 18.5. The average Bonchev–Trinajstić information content (AvgIpc) is 2.56. The number of ether oxygens (including phenoxy) is 1. The van der Waals surface area contributed by atoms with Crippen molar-refractivity contribution in [3.8, 4) is 11.5 Å². The van der Waals surface area contributed by atoms with E-state index in [1.165, 1.54) is 18.3 Å². The maximum atomic E-state index is 11.0. The molecule has 23 heavy (non-hydrogen) atoms. The van der Waals surface area contributed by atoms with E-state index >= 15 is 0 Å². The zero-order chi connectivity index (χ0) is 16.1. The van der Waals surface area contributed by atoms with E-state index in [1.807, 2.05) is 0 Å². The van der Waals surface area contributed by atoms with Crippen LogP contribution in [0.1, 0.15) is 0 Å². The van der Waals surface area contributed by atoms with E-state index < -0.39 is 4.92 Å². The van der Waals surface area contributed by atoms with Gasteiger partial charge in [0.15, 0.2) is 0 Å². The van der Waals surface area contributed by atoms with Crippen LogP contribution in [0.3, 0.4) is 0 Å². The molecule has 3 rings (SSSR count). The third-order valence-corrected chi connectivity index (χ3v) is 2.97.